The lowest BCUT2D eigenvalue weighted by atomic mass is 10.1. The van der Waals surface area contributed by atoms with Gasteiger partial charge in [-0.25, -0.2) is 13.4 Å². The molecule has 1 amide bonds. The minimum Gasteiger partial charge on any atom is -0.480 e. The van der Waals surface area contributed by atoms with Crippen LogP contribution in [0.5, 0.6) is 0 Å². The van der Waals surface area contributed by atoms with Gasteiger partial charge in [0.15, 0.2) is 9.34 Å². The second-order valence-electron chi connectivity index (χ2n) is 4.32. The number of nitrogens with zero attached hydrogens (tertiary/aromatic N) is 1. The van der Waals surface area contributed by atoms with E-state index in [-0.39, 0.29) is 21.7 Å². The summed E-state index contributed by atoms with van der Waals surface area (Å²) < 4.78 is 26.2. The number of carbonyl (C=O) groups excluding carboxylic acids is 1. The third-order valence-corrected chi connectivity index (χ3v) is 5.32. The molecule has 0 aliphatic rings. The Kier molecular flexibility index (Phi) is 6.24. The molecule has 1 rings (SSSR count). The van der Waals surface area contributed by atoms with Crippen molar-refractivity contribution in [1.82, 2.24) is 9.71 Å². The van der Waals surface area contributed by atoms with Gasteiger partial charge in [-0.3, -0.25) is 9.59 Å². The zero-order chi connectivity index (χ0) is 16.0. The Morgan fingerprint density at radius 3 is 2.67 bits per heavy atom. The standard InChI is InChI=1S/C11H17N3O5S2/c1-3-4-5-8(10(16)17)14-21(18,19)9-6-12-11(20-9)13-7(2)15/h6,8,14H,3-5H2,1-2H3,(H,16,17)(H,12,13,15)/t8-/m0/s1. The summed E-state index contributed by atoms with van der Waals surface area (Å²) in [6.45, 7) is 3.16. The fraction of sp³-hybridized carbons (Fsp3) is 0.545. The normalized spacial score (nSPS) is 12.9. The van der Waals surface area contributed by atoms with Crippen LogP contribution >= 0.6 is 11.3 Å². The molecule has 3 N–H and O–H groups in total. The molecule has 10 heteroatoms. The number of rotatable bonds is 8. The zero-order valence-electron chi connectivity index (χ0n) is 11.6. The van der Waals surface area contributed by atoms with E-state index in [4.69, 9.17) is 5.11 Å². The van der Waals surface area contributed by atoms with Crippen molar-refractivity contribution in [2.24, 2.45) is 0 Å². The predicted octanol–water partition coefficient (Wildman–Crippen LogP) is 1.02. The van der Waals surface area contributed by atoms with Crippen LogP contribution in [0.2, 0.25) is 0 Å². The van der Waals surface area contributed by atoms with E-state index in [9.17, 15) is 18.0 Å². The van der Waals surface area contributed by atoms with Crippen LogP contribution in [0.3, 0.4) is 0 Å². The summed E-state index contributed by atoms with van der Waals surface area (Å²) in [5.41, 5.74) is 0. The van der Waals surface area contributed by atoms with Gasteiger partial charge in [0.25, 0.3) is 10.0 Å². The third-order valence-electron chi connectivity index (χ3n) is 2.47. The molecular formula is C11H17N3O5S2. The smallest absolute Gasteiger partial charge is 0.321 e. The molecule has 1 aromatic rings. The van der Waals surface area contributed by atoms with Crippen LogP contribution in [0, 0.1) is 0 Å². The lowest BCUT2D eigenvalue weighted by Gasteiger charge is -2.13. The molecule has 0 radical (unpaired) electrons. The van der Waals surface area contributed by atoms with Crippen molar-refractivity contribution in [2.75, 3.05) is 5.32 Å². The summed E-state index contributed by atoms with van der Waals surface area (Å²) in [4.78, 5) is 25.7. The highest BCUT2D eigenvalue weighted by molar-refractivity contribution is 7.91. The number of hydrogen-bond donors (Lipinski definition) is 3. The average Bonchev–Trinajstić information content (AvgIpc) is 2.82. The van der Waals surface area contributed by atoms with Crippen molar-refractivity contribution in [3.05, 3.63) is 6.20 Å². The lowest BCUT2D eigenvalue weighted by Crippen LogP contribution is -2.40. The van der Waals surface area contributed by atoms with Crippen molar-refractivity contribution in [3.8, 4) is 0 Å². The van der Waals surface area contributed by atoms with E-state index in [1.165, 1.54) is 6.92 Å². The Morgan fingerprint density at radius 1 is 1.48 bits per heavy atom. The van der Waals surface area contributed by atoms with E-state index in [0.717, 1.165) is 24.0 Å². The molecule has 0 saturated heterocycles. The van der Waals surface area contributed by atoms with Crippen LogP contribution in [0.25, 0.3) is 0 Å². The van der Waals surface area contributed by atoms with Crippen LogP contribution in [0.1, 0.15) is 33.1 Å². The molecule has 0 aromatic carbocycles. The highest BCUT2D eigenvalue weighted by Gasteiger charge is 2.26. The van der Waals surface area contributed by atoms with Crippen molar-refractivity contribution in [3.63, 3.8) is 0 Å². The van der Waals surface area contributed by atoms with Gasteiger partial charge in [-0.2, -0.15) is 4.72 Å². The number of aromatic nitrogens is 1. The number of thiazole rings is 1. The SMILES string of the molecule is CCCC[C@H](NS(=O)(=O)c1cnc(NC(C)=O)s1)C(=O)O. The molecule has 1 heterocycles. The number of amides is 1. The van der Waals surface area contributed by atoms with Crippen LogP contribution in [0.4, 0.5) is 5.13 Å². The molecule has 1 atom stereocenters. The van der Waals surface area contributed by atoms with Gasteiger partial charge in [-0.05, 0) is 6.42 Å². The van der Waals surface area contributed by atoms with Crippen molar-refractivity contribution in [2.45, 2.75) is 43.4 Å². The quantitative estimate of drug-likeness (QED) is 0.651. The van der Waals surface area contributed by atoms with Crippen LogP contribution in [-0.2, 0) is 19.6 Å². The summed E-state index contributed by atoms with van der Waals surface area (Å²) in [6, 6.07) is -1.18. The van der Waals surface area contributed by atoms with Gasteiger partial charge in [-0.15, -0.1) is 0 Å². The topological polar surface area (TPSA) is 125 Å². The first-order chi connectivity index (χ1) is 9.76. The maximum atomic E-state index is 12.1. The summed E-state index contributed by atoms with van der Waals surface area (Å²) in [5, 5.41) is 11.5. The Bertz CT molecular complexity index is 611. The Morgan fingerprint density at radius 2 is 2.14 bits per heavy atom. The van der Waals surface area contributed by atoms with E-state index in [1.54, 1.807) is 0 Å². The number of carboxylic acid groups (broad SMARTS) is 1. The number of anilines is 1. The summed E-state index contributed by atoms with van der Waals surface area (Å²) >= 11 is 0.759. The fourth-order valence-corrected chi connectivity index (χ4v) is 3.80. The lowest BCUT2D eigenvalue weighted by molar-refractivity contribution is -0.139. The van der Waals surface area contributed by atoms with Gasteiger partial charge < -0.3 is 10.4 Å². The van der Waals surface area contributed by atoms with E-state index < -0.39 is 22.0 Å². The van der Waals surface area contributed by atoms with Crippen LogP contribution in [-0.4, -0.2) is 36.4 Å². The highest BCUT2D eigenvalue weighted by Crippen LogP contribution is 2.23. The van der Waals surface area contributed by atoms with Crippen molar-refractivity contribution >= 4 is 38.4 Å². The molecule has 0 saturated carbocycles. The van der Waals surface area contributed by atoms with Gasteiger partial charge in [0, 0.05) is 6.92 Å². The Balaban J connectivity index is 2.86. The van der Waals surface area contributed by atoms with Crippen molar-refractivity contribution in [1.29, 1.82) is 0 Å². The largest absolute Gasteiger partial charge is 0.480 e. The first-order valence-corrected chi connectivity index (χ1v) is 8.54. The Hall–Kier alpha value is -1.52. The van der Waals surface area contributed by atoms with E-state index >= 15 is 0 Å². The van der Waals surface area contributed by atoms with Gasteiger partial charge in [0.1, 0.15) is 6.04 Å². The number of unbranched alkanes of at least 4 members (excludes halogenated alkanes) is 1. The van der Waals surface area contributed by atoms with E-state index in [0.29, 0.717) is 6.42 Å². The molecule has 21 heavy (non-hydrogen) atoms. The van der Waals surface area contributed by atoms with Gasteiger partial charge in [0.05, 0.1) is 6.20 Å². The number of carbonyl (C=O) groups is 2. The number of nitrogens with one attached hydrogen (secondary N) is 2. The van der Waals surface area contributed by atoms with Crippen LogP contribution in [0.15, 0.2) is 10.4 Å². The van der Waals surface area contributed by atoms with Gasteiger partial charge >= 0.3 is 5.97 Å². The average molecular weight is 335 g/mol. The molecule has 0 aliphatic carbocycles. The monoisotopic (exact) mass is 335 g/mol. The summed E-state index contributed by atoms with van der Waals surface area (Å²) in [6.07, 6.45) is 2.65. The molecule has 118 valence electrons. The maximum Gasteiger partial charge on any atom is 0.321 e. The minimum atomic E-state index is -3.98. The molecule has 8 nitrogen and oxygen atoms in total. The molecule has 1 aromatic heterocycles. The van der Waals surface area contributed by atoms with Gasteiger partial charge in [0.2, 0.25) is 5.91 Å². The maximum absolute atomic E-state index is 12.1. The highest BCUT2D eigenvalue weighted by atomic mass is 32.2. The first kappa shape index (κ1) is 17.5. The molecule has 0 unspecified atom stereocenters. The summed E-state index contributed by atoms with van der Waals surface area (Å²) in [5.74, 6) is -1.59. The second kappa shape index (κ2) is 7.48. The predicted molar refractivity (Wildman–Crippen MR) is 77.7 cm³/mol. The first-order valence-electron chi connectivity index (χ1n) is 6.24. The number of aliphatic carboxylic acids is 1. The molecule has 0 spiro atoms. The molecule has 0 aliphatic heterocycles. The number of hydrogen-bond acceptors (Lipinski definition) is 6. The van der Waals surface area contributed by atoms with E-state index in [2.05, 4.69) is 15.0 Å². The van der Waals surface area contributed by atoms with E-state index in [1.807, 2.05) is 6.92 Å². The van der Waals surface area contributed by atoms with Crippen molar-refractivity contribution < 1.29 is 23.1 Å². The molecule has 0 fully saturated rings. The fourth-order valence-electron chi connectivity index (χ4n) is 1.48. The molecule has 0 bridgehead atoms. The zero-order valence-corrected chi connectivity index (χ0v) is 13.3. The Labute approximate surface area is 126 Å². The second-order valence-corrected chi connectivity index (χ2v) is 7.29. The third kappa shape index (κ3) is 5.40. The summed E-state index contributed by atoms with van der Waals surface area (Å²) in [7, 11) is -3.98. The number of carboxylic acids is 1. The van der Waals surface area contributed by atoms with Crippen LogP contribution < -0.4 is 10.0 Å². The number of sulfonamides is 1. The van der Waals surface area contributed by atoms with Gasteiger partial charge in [-0.1, -0.05) is 31.1 Å². The minimum absolute atomic E-state index is 0.142. The molecular weight excluding hydrogens is 318 g/mol.